The zero-order valence-electron chi connectivity index (χ0n) is 26.3. The molecule has 0 saturated carbocycles. The molecule has 1 amide bonds. The minimum absolute atomic E-state index is 0.0885. The summed E-state index contributed by atoms with van der Waals surface area (Å²) in [5.74, 6) is -8.23. The number of nitriles is 1. The lowest BCUT2D eigenvalue weighted by atomic mass is 9.94. The minimum Gasteiger partial charge on any atom is -0.396 e. The number of aromatic nitrogens is 2. The third-order valence-electron chi connectivity index (χ3n) is 8.61. The lowest BCUT2D eigenvalue weighted by Gasteiger charge is -2.45. The second kappa shape index (κ2) is 12.4. The molecule has 9 nitrogen and oxygen atoms in total. The average molecular weight is 670 g/mol. The molecule has 1 saturated heterocycles. The number of rotatable bonds is 5. The first-order valence-electron chi connectivity index (χ1n) is 14.8. The molecule has 0 spiro atoms. The number of nitrogens with two attached hydrogens (primary N) is 1. The van der Waals surface area contributed by atoms with Crippen LogP contribution in [-0.2, 0) is 4.79 Å². The number of nitrogens with one attached hydrogen (secondary N) is 1. The van der Waals surface area contributed by atoms with E-state index in [1.54, 1.807) is 29.0 Å². The first-order valence-corrected chi connectivity index (χ1v) is 15.2. The number of carbonyl (C=O) groups is 1. The number of hydrogen-bond donors (Lipinski definition) is 2. The number of anilines is 2. The number of carbonyl (C=O) groups excluding carboxylic acids is 1. The molecule has 3 N–H and O–H groups in total. The summed E-state index contributed by atoms with van der Waals surface area (Å²) in [7, 11) is 0. The molecule has 47 heavy (non-hydrogen) atoms. The van der Waals surface area contributed by atoms with E-state index < -0.39 is 51.8 Å². The summed E-state index contributed by atoms with van der Waals surface area (Å²) in [6.07, 6.45) is 4.66. The Morgan fingerprint density at radius 1 is 1.17 bits per heavy atom. The lowest BCUT2D eigenvalue weighted by Crippen LogP contribution is -2.58. The number of pyridine rings is 2. The molecule has 3 aromatic rings. The van der Waals surface area contributed by atoms with Crippen LogP contribution in [0, 0.1) is 40.5 Å². The highest BCUT2D eigenvalue weighted by molar-refractivity contribution is 6.34. The van der Waals surface area contributed by atoms with E-state index in [1.807, 2.05) is 33.8 Å². The van der Waals surface area contributed by atoms with Crippen molar-refractivity contribution in [3.05, 3.63) is 80.8 Å². The van der Waals surface area contributed by atoms with Gasteiger partial charge in [-0.2, -0.15) is 5.26 Å². The predicted octanol–water partition coefficient (Wildman–Crippen LogP) is 5.71. The van der Waals surface area contributed by atoms with Gasteiger partial charge in [-0.15, -0.1) is 0 Å². The largest absolute Gasteiger partial charge is 0.396 e. The first kappa shape index (κ1) is 33.5. The number of hydrogen-bond acceptors (Lipinski definition) is 7. The predicted molar refractivity (Wildman–Crippen MR) is 173 cm³/mol. The number of halogens is 5. The molecule has 5 rings (SSSR count). The Morgan fingerprint density at radius 3 is 2.36 bits per heavy atom. The molecule has 0 aliphatic carbocycles. The van der Waals surface area contributed by atoms with Crippen molar-refractivity contribution in [1.82, 2.24) is 19.8 Å². The number of benzene rings is 1. The summed E-state index contributed by atoms with van der Waals surface area (Å²) < 4.78 is 59.7. The van der Waals surface area contributed by atoms with Crippen molar-refractivity contribution in [1.29, 1.82) is 5.26 Å². The highest BCUT2D eigenvalue weighted by atomic mass is 35.5. The zero-order valence-corrected chi connectivity index (χ0v) is 27.0. The highest BCUT2D eigenvalue weighted by Crippen LogP contribution is 2.41. The normalized spacial score (nSPS) is 19.7. The summed E-state index contributed by atoms with van der Waals surface area (Å²) in [5, 5.41) is 13.6. The number of nitrogens with zero attached hydrogens (tertiary/aromatic N) is 5. The second-order valence-electron chi connectivity index (χ2n) is 12.1. The van der Waals surface area contributed by atoms with Gasteiger partial charge in [-0.3, -0.25) is 14.2 Å². The molecule has 0 radical (unpaired) electrons. The number of piperazine rings is 1. The van der Waals surface area contributed by atoms with Crippen LogP contribution < -0.4 is 21.5 Å². The van der Waals surface area contributed by atoms with Crippen LogP contribution in [0.5, 0.6) is 0 Å². The van der Waals surface area contributed by atoms with Crippen molar-refractivity contribution in [3.63, 3.8) is 0 Å². The van der Waals surface area contributed by atoms with E-state index in [2.05, 4.69) is 16.9 Å². The summed E-state index contributed by atoms with van der Waals surface area (Å²) in [5.41, 5.74) is 3.33. The monoisotopic (exact) mass is 669 g/mol. The van der Waals surface area contributed by atoms with Crippen molar-refractivity contribution < 1.29 is 22.4 Å². The first-order chi connectivity index (χ1) is 22.2. The third-order valence-corrected chi connectivity index (χ3v) is 8.90. The second-order valence-corrected chi connectivity index (χ2v) is 12.5. The van der Waals surface area contributed by atoms with Gasteiger partial charge < -0.3 is 20.9 Å². The van der Waals surface area contributed by atoms with Crippen LogP contribution in [0.2, 0.25) is 5.02 Å². The van der Waals surface area contributed by atoms with E-state index >= 15 is 4.39 Å². The van der Waals surface area contributed by atoms with Crippen LogP contribution in [0.4, 0.5) is 28.9 Å². The van der Waals surface area contributed by atoms with Gasteiger partial charge in [-0.25, -0.2) is 22.5 Å². The minimum atomic E-state index is -2.11. The standard InChI is InChI=1S/C33H32ClF4N7O2/c1-7-21(46)44-16(5)12-43(13-17(44)6)31-18-10-20(34)29(22-23(35)24(36)25(37)26(38)27(22)40)42-32(18)45(33(47)19(31)11-39)30-15(4)8-9-41-28(30)14(2)3/h7-10,14,16-17,28,41H,1,12-13,40H2,2-6H3/t16-,17+,28-/m1/s1. The Morgan fingerprint density at radius 2 is 1.79 bits per heavy atom. The van der Waals surface area contributed by atoms with Gasteiger partial charge in [0, 0.05) is 30.6 Å². The number of dihydropyridines is 1. The fourth-order valence-electron chi connectivity index (χ4n) is 6.53. The zero-order chi connectivity index (χ0) is 34.6. The van der Waals surface area contributed by atoms with E-state index in [9.17, 15) is 28.0 Å². The maximum absolute atomic E-state index is 15.3. The van der Waals surface area contributed by atoms with E-state index in [0.717, 1.165) is 0 Å². The highest BCUT2D eigenvalue weighted by Gasteiger charge is 2.37. The number of allylic oxidation sites excluding steroid dienone is 2. The number of fused-ring (bicyclic) bond motifs is 1. The number of nitrogen functional groups attached to an aromatic ring is 1. The fraction of sp³-hybridized carbons (Fsp3) is 0.333. The maximum atomic E-state index is 15.3. The Bertz CT molecular complexity index is 1980. The van der Waals surface area contributed by atoms with Crippen molar-refractivity contribution >= 4 is 45.6 Å². The quantitative estimate of drug-likeness (QED) is 0.117. The van der Waals surface area contributed by atoms with Crippen LogP contribution in [-0.4, -0.2) is 51.6 Å². The summed E-state index contributed by atoms with van der Waals surface area (Å²) in [4.78, 5) is 35.1. The summed E-state index contributed by atoms with van der Waals surface area (Å²) in [6.45, 7) is 13.2. The van der Waals surface area contributed by atoms with Crippen molar-refractivity contribution in [3.8, 4) is 17.3 Å². The third kappa shape index (κ3) is 5.30. The van der Waals surface area contributed by atoms with Crippen LogP contribution in [0.3, 0.4) is 0 Å². The van der Waals surface area contributed by atoms with Gasteiger partial charge in [-0.05, 0) is 56.7 Å². The van der Waals surface area contributed by atoms with Gasteiger partial charge in [0.1, 0.15) is 17.3 Å². The molecule has 14 heteroatoms. The van der Waals surface area contributed by atoms with E-state index in [-0.39, 0.29) is 64.3 Å². The van der Waals surface area contributed by atoms with Crippen molar-refractivity contribution in [2.24, 2.45) is 5.92 Å². The molecule has 0 bridgehead atoms. The van der Waals surface area contributed by atoms with Crippen LogP contribution in [0.1, 0.15) is 40.2 Å². The van der Waals surface area contributed by atoms with E-state index in [0.29, 0.717) is 11.3 Å². The Labute approximate surface area is 273 Å². The van der Waals surface area contributed by atoms with Gasteiger partial charge in [0.2, 0.25) is 5.91 Å². The lowest BCUT2D eigenvalue weighted by molar-refractivity contribution is -0.130. The van der Waals surface area contributed by atoms with Gasteiger partial charge in [-0.1, -0.05) is 32.0 Å². The molecule has 2 aliphatic heterocycles. The Balaban J connectivity index is 1.92. The molecule has 2 aliphatic rings. The molecule has 246 valence electrons. The van der Waals surface area contributed by atoms with Crippen molar-refractivity contribution in [2.75, 3.05) is 23.7 Å². The van der Waals surface area contributed by atoms with Gasteiger partial charge in [0.15, 0.2) is 23.3 Å². The topological polar surface area (TPSA) is 120 Å². The fourth-order valence-corrected chi connectivity index (χ4v) is 6.78. The molecule has 0 unspecified atom stereocenters. The molecular weight excluding hydrogens is 638 g/mol. The SMILES string of the molecule is C=CC(=O)N1[C@H](C)CN(c2c(C#N)c(=O)n(C3=C(C)C=CN[C@@H]3C(C)C)c3nc(-c4c(N)c(F)c(F)c(F)c4F)c(Cl)cc23)C[C@@H]1C. The molecule has 4 heterocycles. The molecule has 2 aromatic heterocycles. The Kier molecular flexibility index (Phi) is 8.85. The molecule has 1 fully saturated rings. The van der Waals surface area contributed by atoms with Crippen LogP contribution in [0.25, 0.3) is 28.0 Å². The van der Waals surface area contributed by atoms with Gasteiger partial charge >= 0.3 is 0 Å². The number of amides is 1. The van der Waals surface area contributed by atoms with Crippen LogP contribution >= 0.6 is 11.6 Å². The average Bonchev–Trinajstić information content (AvgIpc) is 3.02. The van der Waals surface area contributed by atoms with Gasteiger partial charge in [0.25, 0.3) is 5.56 Å². The van der Waals surface area contributed by atoms with E-state index in [4.69, 9.17) is 17.3 Å². The summed E-state index contributed by atoms with van der Waals surface area (Å²) >= 11 is 6.65. The maximum Gasteiger partial charge on any atom is 0.276 e. The van der Waals surface area contributed by atoms with E-state index in [1.165, 1.54) is 16.7 Å². The Hall–Kier alpha value is -4.83. The van der Waals surface area contributed by atoms with Crippen LogP contribution in [0.15, 0.2) is 41.4 Å². The molecule has 1 aromatic carbocycles. The van der Waals surface area contributed by atoms with Crippen molar-refractivity contribution in [2.45, 2.75) is 52.7 Å². The summed E-state index contributed by atoms with van der Waals surface area (Å²) in [6, 6.07) is 2.14. The molecule has 3 atom stereocenters. The molecular formula is C33H32ClF4N7O2. The van der Waals surface area contributed by atoms with Gasteiger partial charge in [0.05, 0.1) is 39.4 Å². The smallest absolute Gasteiger partial charge is 0.276 e.